The molecule has 34 heavy (non-hydrogen) atoms. The number of carbonyl (C=O) groups is 1. The Morgan fingerprint density at radius 1 is 1.21 bits per heavy atom. The SMILES string of the molecule is CS[C@@](C(N)=O)(N(O)S(=O)(=O)c1ccc(Oc2ccc(Br)cc2)cc1)C(C)(C)C1=NN(C)CN1. The normalized spacial score (nSPS) is 16.1. The second kappa shape index (κ2) is 9.74. The smallest absolute Gasteiger partial charge is 0.266 e. The van der Waals surface area contributed by atoms with Gasteiger partial charge in [-0.25, -0.2) is 8.42 Å². The molecule has 0 saturated heterocycles. The van der Waals surface area contributed by atoms with E-state index in [1.165, 1.54) is 30.5 Å². The van der Waals surface area contributed by atoms with Gasteiger partial charge in [-0.3, -0.25) is 15.0 Å². The van der Waals surface area contributed by atoms with Gasteiger partial charge in [-0.2, -0.15) is 5.10 Å². The number of nitrogens with zero attached hydrogens (tertiary/aromatic N) is 3. The average Bonchev–Trinajstić information content (AvgIpc) is 3.23. The number of nitrogens with one attached hydrogen (secondary N) is 1. The number of carbonyl (C=O) groups excluding carboxylic acids is 1. The summed E-state index contributed by atoms with van der Waals surface area (Å²) in [5, 5.41) is 20.0. The van der Waals surface area contributed by atoms with Gasteiger partial charge < -0.3 is 15.8 Å². The predicted molar refractivity (Wildman–Crippen MR) is 134 cm³/mol. The lowest BCUT2D eigenvalue weighted by molar-refractivity contribution is -0.141. The highest BCUT2D eigenvalue weighted by Crippen LogP contribution is 2.46. The zero-order chi connectivity index (χ0) is 25.3. The van der Waals surface area contributed by atoms with E-state index in [2.05, 4.69) is 26.3 Å². The first-order valence-corrected chi connectivity index (χ1v) is 13.5. The van der Waals surface area contributed by atoms with Crippen LogP contribution in [0.25, 0.3) is 0 Å². The lowest BCUT2D eigenvalue weighted by Gasteiger charge is -2.45. The van der Waals surface area contributed by atoms with Crippen molar-refractivity contribution >= 4 is 49.5 Å². The van der Waals surface area contributed by atoms with Gasteiger partial charge in [-0.15, -0.1) is 11.8 Å². The van der Waals surface area contributed by atoms with Crippen LogP contribution < -0.4 is 15.8 Å². The third kappa shape index (κ3) is 4.62. The van der Waals surface area contributed by atoms with Crippen molar-refractivity contribution in [3.8, 4) is 11.5 Å². The van der Waals surface area contributed by atoms with Gasteiger partial charge in [-0.05, 0) is 68.6 Å². The van der Waals surface area contributed by atoms with Crippen LogP contribution in [0.3, 0.4) is 0 Å². The van der Waals surface area contributed by atoms with Crippen LogP contribution in [0.1, 0.15) is 13.8 Å². The molecule has 3 rings (SSSR count). The molecular weight excluding hydrogens is 546 g/mol. The highest BCUT2D eigenvalue weighted by Gasteiger charge is 2.61. The fourth-order valence-corrected chi connectivity index (χ4v) is 6.68. The van der Waals surface area contributed by atoms with Crippen LogP contribution >= 0.6 is 27.7 Å². The van der Waals surface area contributed by atoms with Crippen LogP contribution in [-0.2, 0) is 14.8 Å². The Labute approximate surface area is 211 Å². The summed E-state index contributed by atoms with van der Waals surface area (Å²) >= 11 is 4.16. The van der Waals surface area contributed by atoms with Gasteiger partial charge in [0.15, 0.2) is 4.87 Å². The van der Waals surface area contributed by atoms with Gasteiger partial charge in [0.1, 0.15) is 24.0 Å². The van der Waals surface area contributed by atoms with E-state index in [9.17, 15) is 18.4 Å². The van der Waals surface area contributed by atoms with E-state index in [1.807, 2.05) is 12.1 Å². The largest absolute Gasteiger partial charge is 0.457 e. The molecule has 1 aliphatic heterocycles. The Bertz CT molecular complexity index is 1190. The highest BCUT2D eigenvalue weighted by atomic mass is 79.9. The average molecular weight is 573 g/mol. The third-order valence-electron chi connectivity index (χ3n) is 5.48. The van der Waals surface area contributed by atoms with Gasteiger partial charge in [-0.1, -0.05) is 20.4 Å². The van der Waals surface area contributed by atoms with Crippen molar-refractivity contribution in [2.45, 2.75) is 23.6 Å². The number of ether oxygens (including phenoxy) is 1. The minimum atomic E-state index is -4.57. The number of halogens is 1. The number of hydrogen-bond acceptors (Lipinski definition) is 9. The zero-order valence-corrected chi connectivity index (χ0v) is 22.2. The molecule has 2 aromatic rings. The van der Waals surface area contributed by atoms with Crippen LogP contribution in [0.15, 0.2) is 63.0 Å². The molecule has 0 spiro atoms. The number of sulfonamides is 1. The summed E-state index contributed by atoms with van der Waals surface area (Å²) in [6.45, 7) is 3.54. The Hall–Kier alpha value is -2.32. The van der Waals surface area contributed by atoms with Crippen molar-refractivity contribution in [2.24, 2.45) is 16.3 Å². The van der Waals surface area contributed by atoms with Crippen LogP contribution in [0, 0.1) is 5.41 Å². The molecule has 1 atom stereocenters. The number of benzene rings is 2. The minimum absolute atomic E-state index is 0.0418. The Kier molecular flexibility index (Phi) is 7.53. The number of amides is 1. The first-order valence-electron chi connectivity index (χ1n) is 10.0. The lowest BCUT2D eigenvalue weighted by Crippen LogP contribution is -2.67. The number of primary amides is 1. The molecule has 4 N–H and O–H groups in total. The fourth-order valence-electron chi connectivity index (χ4n) is 3.60. The molecule has 13 heteroatoms. The number of rotatable bonds is 9. The second-order valence-corrected chi connectivity index (χ2v) is 11.7. The van der Waals surface area contributed by atoms with E-state index in [0.29, 0.717) is 24.0 Å². The Morgan fingerprint density at radius 2 is 1.74 bits per heavy atom. The molecule has 1 aliphatic rings. The Balaban J connectivity index is 1.96. The zero-order valence-electron chi connectivity index (χ0n) is 19.0. The maximum atomic E-state index is 13.4. The predicted octanol–water partition coefficient (Wildman–Crippen LogP) is 3.00. The fraction of sp³-hybridized carbons (Fsp3) is 0.333. The maximum absolute atomic E-state index is 13.4. The van der Waals surface area contributed by atoms with Crippen molar-refractivity contribution in [3.63, 3.8) is 0 Å². The van der Waals surface area contributed by atoms with Gasteiger partial charge in [0, 0.05) is 11.5 Å². The summed E-state index contributed by atoms with van der Waals surface area (Å²) in [4.78, 5) is 10.4. The van der Waals surface area contributed by atoms with Gasteiger partial charge in [0.25, 0.3) is 15.9 Å². The second-order valence-electron chi connectivity index (χ2n) is 8.05. The van der Waals surface area contributed by atoms with Crippen LogP contribution in [0.2, 0.25) is 0 Å². The summed E-state index contributed by atoms with van der Waals surface area (Å²) in [6.07, 6.45) is 1.50. The summed E-state index contributed by atoms with van der Waals surface area (Å²) < 4.78 is 33.5. The van der Waals surface area contributed by atoms with E-state index in [0.717, 1.165) is 16.2 Å². The molecule has 0 radical (unpaired) electrons. The molecule has 2 aromatic carbocycles. The van der Waals surface area contributed by atoms with Gasteiger partial charge in [0.05, 0.1) is 10.3 Å². The van der Waals surface area contributed by atoms with Crippen molar-refractivity contribution in [1.29, 1.82) is 0 Å². The van der Waals surface area contributed by atoms with Crippen molar-refractivity contribution in [1.82, 2.24) is 14.8 Å². The maximum Gasteiger partial charge on any atom is 0.266 e. The van der Waals surface area contributed by atoms with E-state index >= 15 is 0 Å². The first kappa shape index (κ1) is 26.3. The number of hydrazone groups is 1. The van der Waals surface area contributed by atoms with Crippen LogP contribution in [-0.4, -0.2) is 59.7 Å². The van der Waals surface area contributed by atoms with Crippen molar-refractivity contribution in [2.75, 3.05) is 20.0 Å². The number of nitrogens with two attached hydrogens (primary N) is 1. The lowest BCUT2D eigenvalue weighted by atomic mass is 9.82. The Morgan fingerprint density at radius 3 is 2.18 bits per heavy atom. The molecule has 0 aromatic heterocycles. The summed E-state index contributed by atoms with van der Waals surface area (Å²) in [7, 11) is -2.85. The van der Waals surface area contributed by atoms with Gasteiger partial charge in [0.2, 0.25) is 0 Å². The molecule has 0 fully saturated rings. The van der Waals surface area contributed by atoms with Crippen molar-refractivity contribution in [3.05, 3.63) is 53.0 Å². The summed E-state index contributed by atoms with van der Waals surface area (Å²) in [5.41, 5.74) is 4.40. The number of hydrogen-bond donors (Lipinski definition) is 3. The molecule has 0 saturated carbocycles. The van der Waals surface area contributed by atoms with Crippen LogP contribution in [0.5, 0.6) is 11.5 Å². The monoisotopic (exact) mass is 571 g/mol. The molecule has 10 nitrogen and oxygen atoms in total. The van der Waals surface area contributed by atoms with E-state index < -0.39 is 26.2 Å². The van der Waals surface area contributed by atoms with Gasteiger partial charge >= 0.3 is 0 Å². The van der Waals surface area contributed by atoms with E-state index in [-0.39, 0.29) is 9.36 Å². The highest BCUT2D eigenvalue weighted by molar-refractivity contribution is 9.10. The summed E-state index contributed by atoms with van der Waals surface area (Å²) in [5.74, 6) is 0.236. The number of amidine groups is 1. The number of hydroxylamine groups is 1. The minimum Gasteiger partial charge on any atom is -0.457 e. The molecule has 0 unspecified atom stereocenters. The molecular formula is C21H26BrN5O5S2. The third-order valence-corrected chi connectivity index (χ3v) is 9.20. The molecule has 1 heterocycles. The molecule has 0 bridgehead atoms. The quantitative estimate of drug-likeness (QED) is 0.308. The molecule has 1 amide bonds. The topological polar surface area (TPSA) is 138 Å². The molecule has 184 valence electrons. The summed E-state index contributed by atoms with van der Waals surface area (Å²) in [6, 6.07) is 12.6. The van der Waals surface area contributed by atoms with Crippen molar-refractivity contribution < 1.29 is 23.2 Å². The first-order chi connectivity index (χ1) is 15.9. The number of thioether (sulfide) groups is 1. The van der Waals surface area contributed by atoms with E-state index in [4.69, 9.17) is 10.5 Å². The van der Waals surface area contributed by atoms with Crippen LogP contribution in [0.4, 0.5) is 0 Å². The molecule has 0 aliphatic carbocycles. The van der Waals surface area contributed by atoms with E-state index in [1.54, 1.807) is 38.0 Å². The standard InChI is InChI=1S/C21H26BrN5O5S2/c1-20(2,19-24-13-26(3)25-19)21(33-4,18(23)28)27(29)34(30,31)17-11-9-16(10-12-17)32-15-7-5-14(22)6-8-15/h5-12,29H,13H2,1-4H3,(H2,23,28)(H,24,25)/t21-/m1/s1.